The van der Waals surface area contributed by atoms with Gasteiger partial charge in [0.15, 0.2) is 5.69 Å². The molecule has 1 aromatic heterocycles. The van der Waals surface area contributed by atoms with Crippen molar-refractivity contribution in [2.24, 2.45) is 0 Å². The fraction of sp³-hybridized carbons (Fsp3) is 0.375. The first kappa shape index (κ1) is 15.4. The fourth-order valence-electron chi connectivity index (χ4n) is 2.96. The molecule has 126 valence electrons. The summed E-state index contributed by atoms with van der Waals surface area (Å²) in [5, 5.41) is 4.57. The summed E-state index contributed by atoms with van der Waals surface area (Å²) in [7, 11) is 0. The largest absolute Gasteiger partial charge is 0.476 e. The average molecular weight is 352 g/mol. The number of rotatable bonds is 2. The van der Waals surface area contributed by atoms with Crippen LogP contribution < -0.4 is 4.74 Å². The van der Waals surface area contributed by atoms with Gasteiger partial charge in [0.1, 0.15) is 18.5 Å². The van der Waals surface area contributed by atoms with E-state index in [0.29, 0.717) is 55.0 Å². The van der Waals surface area contributed by atoms with Gasteiger partial charge in [-0.05, 0) is 12.1 Å². The molecule has 1 saturated heterocycles. The molecule has 24 heavy (non-hydrogen) atoms. The molecule has 8 heteroatoms. The molecule has 2 aromatic rings. The van der Waals surface area contributed by atoms with Crippen molar-refractivity contribution < 1.29 is 18.7 Å². The van der Waals surface area contributed by atoms with Crippen LogP contribution in [0, 0.1) is 5.82 Å². The Kier molecular flexibility index (Phi) is 3.90. The molecule has 6 nitrogen and oxygen atoms in total. The summed E-state index contributed by atoms with van der Waals surface area (Å²) in [6.07, 6.45) is -0.387. The minimum absolute atomic E-state index is 0.174. The van der Waals surface area contributed by atoms with Gasteiger partial charge in [-0.1, -0.05) is 17.7 Å². The second-order valence-corrected chi connectivity index (χ2v) is 6.12. The second-order valence-electron chi connectivity index (χ2n) is 5.72. The first-order valence-electron chi connectivity index (χ1n) is 7.68. The molecule has 2 aliphatic rings. The van der Waals surface area contributed by atoms with Gasteiger partial charge in [-0.25, -0.2) is 9.07 Å². The van der Waals surface area contributed by atoms with E-state index in [0.717, 1.165) is 0 Å². The zero-order valence-electron chi connectivity index (χ0n) is 12.7. The Morgan fingerprint density at radius 3 is 2.96 bits per heavy atom. The minimum Gasteiger partial charge on any atom is -0.476 e. The topological polar surface area (TPSA) is 56.6 Å². The molecule has 0 saturated carbocycles. The normalized spacial score (nSPS) is 19.9. The van der Waals surface area contributed by atoms with Crippen LogP contribution in [0.4, 0.5) is 4.39 Å². The molecule has 4 rings (SSSR count). The number of amides is 1. The Labute approximate surface area is 142 Å². The number of halogens is 2. The maximum Gasteiger partial charge on any atom is 0.274 e. The summed E-state index contributed by atoms with van der Waals surface area (Å²) < 4.78 is 26.0. The lowest BCUT2D eigenvalue weighted by molar-refractivity contribution is -0.0230. The first-order valence-corrected chi connectivity index (χ1v) is 8.06. The number of hydrogen-bond donors (Lipinski definition) is 0. The zero-order chi connectivity index (χ0) is 16.7. The number of ether oxygens (including phenoxy) is 2. The Bertz CT molecular complexity index is 773. The van der Waals surface area contributed by atoms with E-state index < -0.39 is 5.82 Å². The first-order chi connectivity index (χ1) is 11.6. The van der Waals surface area contributed by atoms with Crippen molar-refractivity contribution in [3.05, 3.63) is 46.4 Å². The number of morpholine rings is 1. The van der Waals surface area contributed by atoms with Crippen LogP contribution in [0.2, 0.25) is 5.02 Å². The van der Waals surface area contributed by atoms with Crippen molar-refractivity contribution in [2.45, 2.75) is 12.6 Å². The second kappa shape index (κ2) is 6.07. The van der Waals surface area contributed by atoms with Crippen molar-refractivity contribution in [3.63, 3.8) is 0 Å². The number of aromatic nitrogens is 2. The molecular weight excluding hydrogens is 337 g/mol. The summed E-state index contributed by atoms with van der Waals surface area (Å²) in [4.78, 5) is 14.3. The van der Waals surface area contributed by atoms with E-state index in [1.54, 1.807) is 21.7 Å². The molecule has 0 bridgehead atoms. The van der Waals surface area contributed by atoms with E-state index in [2.05, 4.69) is 5.10 Å². The standard InChI is InChI=1S/C16H15ClFN3O3/c17-12-7-10(18)1-2-11(12)14-9-20(3-5-23-14)16(22)13-8-15-21(19-13)4-6-24-15/h1-2,7-8,14H,3-6,9H2. The molecular formula is C16H15ClFN3O3. The maximum absolute atomic E-state index is 13.2. The van der Waals surface area contributed by atoms with Crippen molar-refractivity contribution in [1.82, 2.24) is 14.7 Å². The van der Waals surface area contributed by atoms with Gasteiger partial charge in [-0.3, -0.25) is 4.79 Å². The van der Waals surface area contributed by atoms with E-state index in [1.807, 2.05) is 0 Å². The Morgan fingerprint density at radius 1 is 1.29 bits per heavy atom. The third-order valence-electron chi connectivity index (χ3n) is 4.18. The molecule has 1 atom stereocenters. The van der Waals surface area contributed by atoms with Gasteiger partial charge in [0.2, 0.25) is 5.88 Å². The third kappa shape index (κ3) is 2.74. The number of benzene rings is 1. The quantitative estimate of drug-likeness (QED) is 0.833. The van der Waals surface area contributed by atoms with Crippen LogP contribution >= 0.6 is 11.6 Å². The zero-order valence-corrected chi connectivity index (χ0v) is 13.5. The van der Waals surface area contributed by atoms with Crippen LogP contribution in [0.25, 0.3) is 0 Å². The average Bonchev–Trinajstić information content (AvgIpc) is 3.16. The maximum atomic E-state index is 13.2. The van der Waals surface area contributed by atoms with Crippen LogP contribution in [0.15, 0.2) is 24.3 Å². The number of carbonyl (C=O) groups is 1. The Hall–Kier alpha value is -2.12. The predicted octanol–water partition coefficient (Wildman–Crippen LogP) is 2.28. The number of nitrogens with zero attached hydrogens (tertiary/aromatic N) is 3. The van der Waals surface area contributed by atoms with Crippen molar-refractivity contribution in [3.8, 4) is 5.88 Å². The van der Waals surface area contributed by atoms with Crippen molar-refractivity contribution >= 4 is 17.5 Å². The molecule has 0 N–H and O–H groups in total. The summed E-state index contributed by atoms with van der Waals surface area (Å²) in [6, 6.07) is 5.83. The van der Waals surface area contributed by atoms with E-state index in [4.69, 9.17) is 21.1 Å². The minimum atomic E-state index is -0.403. The number of hydrogen-bond acceptors (Lipinski definition) is 4. The van der Waals surface area contributed by atoms with Crippen LogP contribution in [-0.4, -0.2) is 46.9 Å². The van der Waals surface area contributed by atoms with Gasteiger partial charge < -0.3 is 14.4 Å². The monoisotopic (exact) mass is 351 g/mol. The predicted molar refractivity (Wildman–Crippen MR) is 83.7 cm³/mol. The van der Waals surface area contributed by atoms with Crippen LogP contribution in [-0.2, 0) is 11.3 Å². The molecule has 1 amide bonds. The van der Waals surface area contributed by atoms with Gasteiger partial charge in [-0.2, -0.15) is 5.10 Å². The lowest BCUT2D eigenvalue weighted by Crippen LogP contribution is -2.42. The van der Waals surface area contributed by atoms with E-state index in [-0.39, 0.29) is 12.0 Å². The fourth-order valence-corrected chi connectivity index (χ4v) is 3.25. The van der Waals surface area contributed by atoms with E-state index in [9.17, 15) is 9.18 Å². The van der Waals surface area contributed by atoms with E-state index >= 15 is 0 Å². The van der Waals surface area contributed by atoms with Gasteiger partial charge in [-0.15, -0.1) is 0 Å². The molecule has 3 heterocycles. The third-order valence-corrected chi connectivity index (χ3v) is 4.51. The molecule has 1 fully saturated rings. The molecule has 2 aliphatic heterocycles. The van der Waals surface area contributed by atoms with Gasteiger partial charge in [0.05, 0.1) is 19.7 Å². The highest BCUT2D eigenvalue weighted by atomic mass is 35.5. The van der Waals surface area contributed by atoms with Crippen molar-refractivity contribution in [2.75, 3.05) is 26.3 Å². The Morgan fingerprint density at radius 2 is 2.17 bits per heavy atom. The molecule has 0 aliphatic carbocycles. The van der Waals surface area contributed by atoms with Gasteiger partial charge in [0.25, 0.3) is 5.91 Å². The molecule has 1 aromatic carbocycles. The molecule has 1 unspecified atom stereocenters. The highest BCUT2D eigenvalue weighted by Crippen LogP contribution is 2.30. The number of fused-ring (bicyclic) bond motifs is 1. The summed E-state index contributed by atoms with van der Waals surface area (Å²) >= 11 is 6.10. The summed E-state index contributed by atoms with van der Waals surface area (Å²) in [6.45, 7) is 2.43. The highest BCUT2D eigenvalue weighted by Gasteiger charge is 2.30. The lowest BCUT2D eigenvalue weighted by Gasteiger charge is -2.33. The summed E-state index contributed by atoms with van der Waals surface area (Å²) in [5.41, 5.74) is 1.03. The van der Waals surface area contributed by atoms with Crippen LogP contribution in [0.5, 0.6) is 5.88 Å². The smallest absolute Gasteiger partial charge is 0.274 e. The van der Waals surface area contributed by atoms with Crippen LogP contribution in [0.1, 0.15) is 22.2 Å². The van der Waals surface area contributed by atoms with Gasteiger partial charge >= 0.3 is 0 Å². The van der Waals surface area contributed by atoms with Gasteiger partial charge in [0, 0.05) is 23.2 Å². The molecule has 0 radical (unpaired) electrons. The van der Waals surface area contributed by atoms with Crippen LogP contribution in [0.3, 0.4) is 0 Å². The highest BCUT2D eigenvalue weighted by molar-refractivity contribution is 6.31. The van der Waals surface area contributed by atoms with E-state index in [1.165, 1.54) is 12.1 Å². The number of carbonyl (C=O) groups excluding carboxylic acids is 1. The van der Waals surface area contributed by atoms with Crippen molar-refractivity contribution in [1.29, 1.82) is 0 Å². The SMILES string of the molecule is O=C(c1cc2n(n1)CCO2)N1CCOC(c2ccc(F)cc2Cl)C1. The summed E-state index contributed by atoms with van der Waals surface area (Å²) in [5.74, 6) is 0.0387. The lowest BCUT2D eigenvalue weighted by atomic mass is 10.1. The molecule has 0 spiro atoms. The Balaban J connectivity index is 1.52.